The molecule has 0 N–H and O–H groups in total. The van der Waals surface area contributed by atoms with Gasteiger partial charge in [-0.1, -0.05) is 97.1 Å². The van der Waals surface area contributed by atoms with E-state index in [0.717, 1.165) is 25.9 Å². The monoisotopic (exact) mass is 464 g/mol. The maximum atomic E-state index is 4.69. The quantitative estimate of drug-likeness (QED) is 0.238. The van der Waals surface area contributed by atoms with E-state index in [1.165, 1.54) is 79.2 Å². The van der Waals surface area contributed by atoms with Crippen LogP contribution in [0.25, 0.3) is 43.8 Å². The molecule has 2 aliphatic rings. The van der Waals surface area contributed by atoms with E-state index in [1.807, 2.05) is 0 Å². The lowest BCUT2D eigenvalue weighted by molar-refractivity contribution is 0.951. The molecule has 0 fully saturated rings. The Morgan fingerprint density at radius 1 is 0.389 bits per heavy atom. The molecule has 7 rings (SSSR count). The van der Waals surface area contributed by atoms with Crippen LogP contribution in [0.3, 0.4) is 0 Å². The Bertz CT molecular complexity index is 1470. The first-order valence-corrected chi connectivity index (χ1v) is 13.1. The van der Waals surface area contributed by atoms with Crippen LogP contribution in [0, 0.1) is 0 Å². The fourth-order valence-corrected chi connectivity index (χ4v) is 5.96. The van der Waals surface area contributed by atoms with Crippen LogP contribution < -0.4 is 0 Å². The Balaban J connectivity index is 1.43. The van der Waals surface area contributed by atoms with Gasteiger partial charge in [-0.3, -0.25) is 9.98 Å². The maximum Gasteiger partial charge on any atom is 0.0421 e. The molecule has 0 atom stereocenters. The molecule has 5 aromatic rings. The van der Waals surface area contributed by atoms with Gasteiger partial charge in [0.05, 0.1) is 0 Å². The summed E-state index contributed by atoms with van der Waals surface area (Å²) in [7, 11) is 0. The van der Waals surface area contributed by atoms with Crippen molar-refractivity contribution in [2.75, 3.05) is 13.1 Å². The van der Waals surface area contributed by atoms with Crippen molar-refractivity contribution >= 4 is 33.0 Å². The number of nitrogens with zero attached hydrogens (tertiary/aromatic N) is 2. The molecule has 0 aromatic heterocycles. The van der Waals surface area contributed by atoms with Crippen LogP contribution in [0.5, 0.6) is 0 Å². The van der Waals surface area contributed by atoms with Crippen molar-refractivity contribution in [1.82, 2.24) is 0 Å². The van der Waals surface area contributed by atoms with Crippen LogP contribution >= 0.6 is 0 Å². The first kappa shape index (κ1) is 21.3. The Labute approximate surface area is 212 Å². The van der Waals surface area contributed by atoms with Crippen LogP contribution in [0.1, 0.15) is 36.8 Å². The Kier molecular flexibility index (Phi) is 5.24. The van der Waals surface area contributed by atoms with Gasteiger partial charge >= 0.3 is 0 Å². The molecule has 36 heavy (non-hydrogen) atoms. The predicted octanol–water partition coefficient (Wildman–Crippen LogP) is 8.49. The molecule has 0 spiro atoms. The summed E-state index contributed by atoms with van der Waals surface area (Å²) in [4.78, 5) is 9.39. The molecule has 0 radical (unpaired) electrons. The van der Waals surface area contributed by atoms with Gasteiger partial charge in [-0.05, 0) is 80.6 Å². The lowest BCUT2D eigenvalue weighted by atomic mass is 9.85. The summed E-state index contributed by atoms with van der Waals surface area (Å²) in [5.41, 5.74) is 10.1. The largest absolute Gasteiger partial charge is 0.289 e. The van der Waals surface area contributed by atoms with E-state index >= 15 is 0 Å². The van der Waals surface area contributed by atoms with Crippen molar-refractivity contribution in [2.45, 2.75) is 25.7 Å². The summed E-state index contributed by atoms with van der Waals surface area (Å²) in [5, 5.41) is 5.17. The first-order chi connectivity index (χ1) is 17.9. The van der Waals surface area contributed by atoms with E-state index < -0.39 is 0 Å². The van der Waals surface area contributed by atoms with Crippen LogP contribution in [0.4, 0.5) is 0 Å². The van der Waals surface area contributed by atoms with Crippen LogP contribution in [0.2, 0.25) is 0 Å². The van der Waals surface area contributed by atoms with Crippen LogP contribution in [0.15, 0.2) is 107 Å². The van der Waals surface area contributed by atoms with Gasteiger partial charge in [0.15, 0.2) is 0 Å². The highest BCUT2D eigenvalue weighted by Crippen LogP contribution is 2.43. The Morgan fingerprint density at radius 2 is 0.722 bits per heavy atom. The smallest absolute Gasteiger partial charge is 0.0421 e. The van der Waals surface area contributed by atoms with Crippen molar-refractivity contribution in [1.29, 1.82) is 0 Å². The number of benzene rings is 5. The van der Waals surface area contributed by atoms with Crippen molar-refractivity contribution in [3.63, 3.8) is 0 Å². The second-order valence-corrected chi connectivity index (χ2v) is 9.86. The standard InChI is InChI=1S/C34H28N2/c1-2-8-28-27(7-1)33(25-17-13-23(14-18-25)31-11-5-21-35-31)29-9-3-4-10-30(29)34(28)26-19-15-24(16-20-26)32-12-6-22-36-32/h1-4,7-10,13-20H,5-6,11-12,21-22H2. The predicted molar refractivity (Wildman–Crippen MR) is 154 cm³/mol. The lowest BCUT2D eigenvalue weighted by Crippen LogP contribution is -1.97. The van der Waals surface area contributed by atoms with Gasteiger partial charge in [0.2, 0.25) is 0 Å². The second-order valence-electron chi connectivity index (χ2n) is 9.86. The molecule has 0 aliphatic carbocycles. The number of aliphatic imine (C=N–C) groups is 2. The molecule has 174 valence electrons. The number of hydrogen-bond donors (Lipinski definition) is 0. The van der Waals surface area contributed by atoms with E-state index in [1.54, 1.807) is 0 Å². The highest BCUT2D eigenvalue weighted by Gasteiger charge is 2.17. The van der Waals surface area contributed by atoms with Crippen molar-refractivity contribution < 1.29 is 0 Å². The molecular formula is C34H28N2. The summed E-state index contributed by atoms with van der Waals surface area (Å²) in [6.07, 6.45) is 4.52. The van der Waals surface area contributed by atoms with E-state index in [9.17, 15) is 0 Å². The maximum absolute atomic E-state index is 4.69. The number of rotatable bonds is 4. The zero-order valence-electron chi connectivity index (χ0n) is 20.4. The lowest BCUT2D eigenvalue weighted by Gasteiger charge is -2.18. The fourth-order valence-electron chi connectivity index (χ4n) is 5.96. The molecule has 5 aromatic carbocycles. The van der Waals surface area contributed by atoms with Crippen LogP contribution in [-0.4, -0.2) is 24.5 Å². The molecular weight excluding hydrogens is 436 g/mol. The zero-order chi connectivity index (χ0) is 23.9. The first-order valence-electron chi connectivity index (χ1n) is 13.1. The average Bonchev–Trinajstić information content (AvgIpc) is 3.67. The molecule has 2 heterocycles. The third kappa shape index (κ3) is 3.56. The third-order valence-electron chi connectivity index (χ3n) is 7.69. The van der Waals surface area contributed by atoms with Crippen molar-refractivity contribution in [2.24, 2.45) is 9.98 Å². The fraction of sp³-hybridized carbons (Fsp3) is 0.176. The molecule has 0 unspecified atom stereocenters. The second kappa shape index (κ2) is 8.87. The number of fused-ring (bicyclic) bond motifs is 2. The highest BCUT2D eigenvalue weighted by atomic mass is 14.8. The van der Waals surface area contributed by atoms with Gasteiger partial charge in [0, 0.05) is 24.5 Å². The summed E-state index contributed by atoms with van der Waals surface area (Å²) < 4.78 is 0. The van der Waals surface area contributed by atoms with Gasteiger partial charge in [-0.15, -0.1) is 0 Å². The van der Waals surface area contributed by atoms with E-state index in [-0.39, 0.29) is 0 Å². The Morgan fingerprint density at radius 3 is 1.03 bits per heavy atom. The highest BCUT2D eigenvalue weighted by molar-refractivity contribution is 6.21. The number of hydrogen-bond acceptors (Lipinski definition) is 2. The normalized spacial score (nSPS) is 15.4. The minimum absolute atomic E-state index is 0.961. The molecule has 2 nitrogen and oxygen atoms in total. The summed E-state index contributed by atoms with van der Waals surface area (Å²) in [5.74, 6) is 0. The van der Waals surface area contributed by atoms with E-state index in [4.69, 9.17) is 9.98 Å². The summed E-state index contributed by atoms with van der Waals surface area (Å²) in [6.45, 7) is 1.92. The average molecular weight is 465 g/mol. The minimum atomic E-state index is 0.961. The topological polar surface area (TPSA) is 24.7 Å². The summed E-state index contributed by atoms with van der Waals surface area (Å²) in [6, 6.07) is 35.9. The van der Waals surface area contributed by atoms with Gasteiger partial charge in [-0.2, -0.15) is 0 Å². The van der Waals surface area contributed by atoms with E-state index in [2.05, 4.69) is 97.1 Å². The SMILES string of the molecule is c1ccc2c(-c3ccc(C4=NCCC4)cc3)c3ccccc3c(-c3ccc(C4=NCCC4)cc3)c2c1. The van der Waals surface area contributed by atoms with Gasteiger partial charge in [0.1, 0.15) is 0 Å². The van der Waals surface area contributed by atoms with Crippen molar-refractivity contribution in [3.05, 3.63) is 108 Å². The van der Waals surface area contributed by atoms with Crippen molar-refractivity contribution in [3.8, 4) is 22.3 Å². The molecule has 0 saturated heterocycles. The van der Waals surface area contributed by atoms with Gasteiger partial charge in [0.25, 0.3) is 0 Å². The molecule has 2 aliphatic heterocycles. The molecule has 0 bridgehead atoms. The van der Waals surface area contributed by atoms with Gasteiger partial charge in [-0.25, -0.2) is 0 Å². The van der Waals surface area contributed by atoms with Crippen LogP contribution in [-0.2, 0) is 0 Å². The van der Waals surface area contributed by atoms with Gasteiger partial charge < -0.3 is 0 Å². The molecule has 0 saturated carbocycles. The molecule has 2 heteroatoms. The summed E-state index contributed by atoms with van der Waals surface area (Å²) >= 11 is 0. The van der Waals surface area contributed by atoms with E-state index in [0.29, 0.717) is 0 Å². The minimum Gasteiger partial charge on any atom is -0.289 e. The Hall–Kier alpha value is -4.04. The molecule has 0 amide bonds. The third-order valence-corrected chi connectivity index (χ3v) is 7.69. The zero-order valence-corrected chi connectivity index (χ0v) is 20.4.